The van der Waals surface area contributed by atoms with Crippen molar-refractivity contribution in [3.8, 4) is 0 Å². The number of aromatic nitrogens is 2. The molecule has 4 N–H and O–H groups in total. The fourth-order valence-electron chi connectivity index (χ4n) is 5.10. The van der Waals surface area contributed by atoms with Crippen molar-refractivity contribution in [1.29, 1.82) is 0 Å². The number of anilines is 3. The van der Waals surface area contributed by atoms with Crippen molar-refractivity contribution in [1.82, 2.24) is 25.5 Å². The average molecular weight is 582 g/mol. The molecule has 1 aromatic carbocycles. The summed E-state index contributed by atoms with van der Waals surface area (Å²) in [6.07, 6.45) is -0.802. The van der Waals surface area contributed by atoms with Crippen molar-refractivity contribution in [2.75, 3.05) is 30.8 Å². The lowest BCUT2D eigenvalue weighted by Gasteiger charge is -2.29. The summed E-state index contributed by atoms with van der Waals surface area (Å²) >= 11 is 0. The summed E-state index contributed by atoms with van der Waals surface area (Å²) in [7, 11) is 2.00. The van der Waals surface area contributed by atoms with E-state index in [9.17, 15) is 27.2 Å². The smallest absolute Gasteiger partial charge is 0.366 e. The number of nitrogens with one attached hydrogen (secondary N) is 4. The Labute approximate surface area is 237 Å². The molecule has 2 atom stereocenters. The highest BCUT2D eigenvalue weighted by Crippen LogP contribution is 2.37. The van der Waals surface area contributed by atoms with Crippen LogP contribution in [-0.2, 0) is 11.0 Å². The van der Waals surface area contributed by atoms with Gasteiger partial charge in [0.1, 0.15) is 17.2 Å². The first-order chi connectivity index (χ1) is 18.9. The largest absolute Gasteiger partial charge is 0.421 e. The molecular formula is C28H39F4N7O2. The number of likely N-dealkylation sites (tertiary alicyclic amines) is 1. The first kappa shape index (κ1) is 32.0. The second-order valence-electron chi connectivity index (χ2n) is 10.8. The minimum Gasteiger partial charge on any atom is -0.366 e. The number of rotatable bonds is 8. The summed E-state index contributed by atoms with van der Waals surface area (Å²) in [5.74, 6) is -2.69. The molecule has 2 fully saturated rings. The van der Waals surface area contributed by atoms with Crippen LogP contribution < -0.4 is 21.3 Å². The molecule has 2 aliphatic rings. The van der Waals surface area contributed by atoms with Gasteiger partial charge in [0.05, 0.1) is 11.5 Å². The quantitative estimate of drug-likeness (QED) is 0.327. The van der Waals surface area contributed by atoms with Crippen LogP contribution >= 0.6 is 0 Å². The van der Waals surface area contributed by atoms with Crippen LogP contribution in [0.4, 0.5) is 35.0 Å². The van der Waals surface area contributed by atoms with Gasteiger partial charge in [0, 0.05) is 30.0 Å². The number of halogens is 4. The lowest BCUT2D eigenvalue weighted by molar-refractivity contribution is -0.137. The molecule has 13 heteroatoms. The molecule has 9 nitrogen and oxygen atoms in total. The van der Waals surface area contributed by atoms with Gasteiger partial charge in [-0.05, 0) is 77.9 Å². The van der Waals surface area contributed by atoms with Gasteiger partial charge < -0.3 is 26.2 Å². The summed E-state index contributed by atoms with van der Waals surface area (Å²) in [5.41, 5.74) is -1.04. The normalized spacial score (nSPS) is 19.9. The molecule has 1 saturated carbocycles. The van der Waals surface area contributed by atoms with E-state index >= 15 is 0 Å². The Kier molecular flexibility index (Phi) is 10.5. The van der Waals surface area contributed by atoms with Crippen LogP contribution in [0.3, 0.4) is 0 Å². The monoisotopic (exact) mass is 581 g/mol. The average Bonchev–Trinajstić information content (AvgIpc) is 3.33. The zero-order chi connectivity index (χ0) is 29.0. The molecule has 0 radical (unpaired) electrons. The molecule has 1 aliphatic heterocycles. The van der Waals surface area contributed by atoms with Crippen molar-refractivity contribution < 1.29 is 27.2 Å². The summed E-state index contributed by atoms with van der Waals surface area (Å²) in [5, 5.41) is 11.2. The molecule has 1 aromatic heterocycles. The molecular weight excluding hydrogens is 542 g/mol. The molecule has 0 spiro atoms. The highest BCUT2D eigenvalue weighted by molar-refractivity contribution is 5.95. The second kappa shape index (κ2) is 13.5. The third-order valence-electron chi connectivity index (χ3n) is 7.22. The van der Waals surface area contributed by atoms with Crippen molar-refractivity contribution in [2.45, 2.75) is 77.7 Å². The van der Waals surface area contributed by atoms with Gasteiger partial charge in [-0.2, -0.15) is 18.2 Å². The molecule has 4 rings (SSSR count). The number of hydrogen-bond donors (Lipinski definition) is 4. The predicted molar refractivity (Wildman–Crippen MR) is 149 cm³/mol. The highest BCUT2D eigenvalue weighted by Gasteiger charge is 2.39. The Bertz CT molecular complexity index is 1220. The van der Waals surface area contributed by atoms with Crippen LogP contribution in [0.5, 0.6) is 0 Å². The summed E-state index contributed by atoms with van der Waals surface area (Å²) in [6, 6.07) is 3.14. The van der Waals surface area contributed by atoms with E-state index in [1.807, 2.05) is 20.9 Å². The van der Waals surface area contributed by atoms with E-state index < -0.39 is 41.2 Å². The van der Waals surface area contributed by atoms with Gasteiger partial charge in [0.2, 0.25) is 11.9 Å². The Balaban J connectivity index is 0.00000462. The van der Waals surface area contributed by atoms with E-state index in [0.29, 0.717) is 25.5 Å². The minimum absolute atomic E-state index is 0. The van der Waals surface area contributed by atoms with Gasteiger partial charge >= 0.3 is 6.18 Å². The number of alkyl halides is 3. The Morgan fingerprint density at radius 2 is 1.80 bits per heavy atom. The second-order valence-corrected chi connectivity index (χ2v) is 10.8. The third kappa shape index (κ3) is 8.27. The number of hydrogen-bond acceptors (Lipinski definition) is 7. The maximum atomic E-state index is 14.8. The first-order valence-electron chi connectivity index (χ1n) is 13.5. The zero-order valence-electron chi connectivity index (χ0n) is 22.7. The Hall–Kier alpha value is -3.48. The molecule has 0 bridgehead atoms. The van der Waals surface area contributed by atoms with Crippen LogP contribution in [0.1, 0.15) is 69.3 Å². The summed E-state index contributed by atoms with van der Waals surface area (Å²) < 4.78 is 56.1. The number of carbonyl (C=O) groups excluding carboxylic acids is 2. The Morgan fingerprint density at radius 1 is 1.10 bits per heavy atom. The standard InChI is InChI=1S/C27H35F4N7O2.CH4/c1-15(2)33-25(40)19-5-4-6-22(19)36-23-20(27(29,30)31)14-32-26(37-23)35-17-7-8-18(21(28)13-17)24(39)34-16-9-11-38(3)12-10-16;/h7-8,13-16,19,22H,4-6,9-12H2,1-3H3,(H,33,40)(H,34,39)(H2,32,35,36,37);1H4/t19-,22+;/m0./s1. The third-order valence-corrected chi connectivity index (χ3v) is 7.22. The van der Waals surface area contributed by atoms with Gasteiger partial charge in [-0.3, -0.25) is 9.59 Å². The van der Waals surface area contributed by atoms with E-state index in [1.165, 1.54) is 12.1 Å². The van der Waals surface area contributed by atoms with E-state index in [2.05, 4.69) is 36.1 Å². The van der Waals surface area contributed by atoms with Gasteiger partial charge in [0.15, 0.2) is 0 Å². The fourth-order valence-corrected chi connectivity index (χ4v) is 5.10. The lowest BCUT2D eigenvalue weighted by Crippen LogP contribution is -2.43. The molecule has 226 valence electrons. The highest BCUT2D eigenvalue weighted by atomic mass is 19.4. The fraction of sp³-hybridized carbons (Fsp3) is 0.571. The van der Waals surface area contributed by atoms with Gasteiger partial charge in [-0.1, -0.05) is 13.8 Å². The lowest BCUT2D eigenvalue weighted by atomic mass is 10.0. The van der Waals surface area contributed by atoms with Crippen LogP contribution in [0.15, 0.2) is 24.4 Å². The molecule has 2 amide bonds. The maximum Gasteiger partial charge on any atom is 0.421 e. The number of nitrogens with zero attached hydrogens (tertiary/aromatic N) is 3. The zero-order valence-corrected chi connectivity index (χ0v) is 22.7. The molecule has 1 aliphatic carbocycles. The van der Waals surface area contributed by atoms with Crippen molar-refractivity contribution >= 4 is 29.3 Å². The number of amides is 2. The molecule has 0 unspecified atom stereocenters. The first-order valence-corrected chi connectivity index (χ1v) is 13.5. The van der Waals surface area contributed by atoms with Crippen LogP contribution in [0.2, 0.25) is 0 Å². The van der Waals surface area contributed by atoms with E-state index in [-0.39, 0.29) is 42.6 Å². The minimum atomic E-state index is -4.73. The van der Waals surface area contributed by atoms with Crippen molar-refractivity contribution in [2.24, 2.45) is 5.92 Å². The number of benzene rings is 1. The van der Waals surface area contributed by atoms with Gasteiger partial charge in [-0.25, -0.2) is 9.37 Å². The summed E-state index contributed by atoms with van der Waals surface area (Å²) in [6.45, 7) is 5.31. The Morgan fingerprint density at radius 3 is 2.44 bits per heavy atom. The number of piperidine rings is 1. The van der Waals surface area contributed by atoms with Crippen molar-refractivity contribution in [3.63, 3.8) is 0 Å². The SMILES string of the molecule is C.CC(C)NC(=O)[C@H]1CCC[C@H]1Nc1nc(Nc2ccc(C(=O)NC3CCN(C)CC3)c(F)c2)ncc1C(F)(F)F. The molecule has 2 aromatic rings. The van der Waals surface area contributed by atoms with Crippen LogP contribution in [0, 0.1) is 11.7 Å². The van der Waals surface area contributed by atoms with Gasteiger partial charge in [-0.15, -0.1) is 0 Å². The van der Waals surface area contributed by atoms with E-state index in [1.54, 1.807) is 0 Å². The van der Waals surface area contributed by atoms with E-state index in [4.69, 9.17) is 0 Å². The molecule has 2 heterocycles. The molecule has 41 heavy (non-hydrogen) atoms. The summed E-state index contributed by atoms with van der Waals surface area (Å²) in [4.78, 5) is 35.2. The predicted octanol–water partition coefficient (Wildman–Crippen LogP) is 4.94. The topological polar surface area (TPSA) is 111 Å². The molecule has 1 saturated heterocycles. The number of carbonyl (C=O) groups is 2. The maximum absolute atomic E-state index is 14.8. The van der Waals surface area contributed by atoms with Crippen molar-refractivity contribution in [3.05, 3.63) is 41.3 Å². The van der Waals surface area contributed by atoms with Crippen LogP contribution in [-0.4, -0.2) is 64.9 Å². The van der Waals surface area contributed by atoms with Crippen LogP contribution in [0.25, 0.3) is 0 Å². The van der Waals surface area contributed by atoms with Gasteiger partial charge in [0.25, 0.3) is 5.91 Å². The van der Waals surface area contributed by atoms with E-state index in [0.717, 1.165) is 32.0 Å².